The van der Waals surface area contributed by atoms with E-state index in [1.807, 2.05) is 6.07 Å². The summed E-state index contributed by atoms with van der Waals surface area (Å²) in [7, 11) is 0. The maximum absolute atomic E-state index is 4.76. The Morgan fingerprint density at radius 3 is 3.11 bits per heavy atom. The molecule has 1 aliphatic heterocycles. The first-order valence-electron chi connectivity index (χ1n) is 7.16. The molecule has 3 heteroatoms. The maximum atomic E-state index is 4.76. The van der Waals surface area contributed by atoms with Crippen LogP contribution in [-0.2, 0) is 0 Å². The van der Waals surface area contributed by atoms with Crippen LogP contribution in [0.4, 0.5) is 5.82 Å². The van der Waals surface area contributed by atoms with Crippen molar-refractivity contribution in [1.29, 1.82) is 0 Å². The van der Waals surface area contributed by atoms with Crippen LogP contribution in [0.25, 0.3) is 10.9 Å². The summed E-state index contributed by atoms with van der Waals surface area (Å²) in [6.45, 7) is 4.31. The van der Waals surface area contributed by atoms with Crippen LogP contribution in [0.2, 0.25) is 0 Å². The first-order valence-corrected chi connectivity index (χ1v) is 7.16. The quantitative estimate of drug-likeness (QED) is 0.866. The minimum absolute atomic E-state index is 0.495. The lowest BCUT2D eigenvalue weighted by Gasteiger charge is -2.19. The number of fused-ring (bicyclic) bond motifs is 1. The molecule has 19 heavy (non-hydrogen) atoms. The summed E-state index contributed by atoms with van der Waals surface area (Å²) >= 11 is 0. The van der Waals surface area contributed by atoms with E-state index in [1.165, 1.54) is 30.2 Å². The van der Waals surface area contributed by atoms with Gasteiger partial charge in [-0.1, -0.05) is 24.6 Å². The van der Waals surface area contributed by atoms with E-state index < -0.39 is 0 Å². The van der Waals surface area contributed by atoms with Gasteiger partial charge in [0, 0.05) is 18.0 Å². The molecule has 3 rings (SSSR count). The van der Waals surface area contributed by atoms with Crippen LogP contribution in [0.3, 0.4) is 0 Å². The molecule has 0 bridgehead atoms. The van der Waals surface area contributed by atoms with E-state index in [0.717, 1.165) is 24.4 Å². The number of nitrogens with one attached hydrogen (secondary N) is 2. The summed E-state index contributed by atoms with van der Waals surface area (Å²) in [5.74, 6) is 1.03. The molecule has 100 valence electrons. The fourth-order valence-electron chi connectivity index (χ4n) is 2.70. The largest absolute Gasteiger partial charge is 0.366 e. The highest BCUT2D eigenvalue weighted by Crippen LogP contribution is 2.21. The number of anilines is 1. The fraction of sp³-hybridized carbons (Fsp3) is 0.438. The Bertz CT molecular complexity index is 557. The molecule has 1 atom stereocenters. The van der Waals surface area contributed by atoms with Gasteiger partial charge in [0.1, 0.15) is 5.82 Å². The van der Waals surface area contributed by atoms with Gasteiger partial charge in [-0.15, -0.1) is 0 Å². The summed E-state index contributed by atoms with van der Waals surface area (Å²) in [4.78, 5) is 4.76. The van der Waals surface area contributed by atoms with Crippen molar-refractivity contribution in [3.05, 3.63) is 35.9 Å². The average Bonchev–Trinajstić information content (AvgIpc) is 2.68. The molecule has 0 aliphatic carbocycles. The SMILES string of the molecule is Cc1cc2ccccc2nc1NC1CCCCNC1. The van der Waals surface area contributed by atoms with Crippen LogP contribution < -0.4 is 10.6 Å². The van der Waals surface area contributed by atoms with E-state index in [1.54, 1.807) is 0 Å². The molecule has 1 aromatic heterocycles. The van der Waals surface area contributed by atoms with E-state index in [2.05, 4.69) is 41.8 Å². The first-order chi connectivity index (χ1) is 9.33. The van der Waals surface area contributed by atoms with Crippen LogP contribution in [0, 0.1) is 6.92 Å². The number of hydrogen-bond acceptors (Lipinski definition) is 3. The Hall–Kier alpha value is -1.61. The van der Waals surface area contributed by atoms with Gasteiger partial charge in [-0.25, -0.2) is 4.98 Å². The highest BCUT2D eigenvalue weighted by atomic mass is 15.1. The number of rotatable bonds is 2. The number of pyridine rings is 1. The van der Waals surface area contributed by atoms with E-state index in [-0.39, 0.29) is 0 Å². The molecule has 2 heterocycles. The first kappa shape index (κ1) is 12.4. The van der Waals surface area contributed by atoms with Gasteiger partial charge in [-0.05, 0) is 44.0 Å². The van der Waals surface area contributed by atoms with Gasteiger partial charge in [0.25, 0.3) is 0 Å². The molecular weight excluding hydrogens is 234 g/mol. The Kier molecular flexibility index (Phi) is 3.65. The van der Waals surface area contributed by atoms with E-state index in [4.69, 9.17) is 4.98 Å². The third-order valence-electron chi connectivity index (χ3n) is 3.80. The minimum atomic E-state index is 0.495. The van der Waals surface area contributed by atoms with Crippen molar-refractivity contribution in [1.82, 2.24) is 10.3 Å². The molecule has 1 aliphatic rings. The molecule has 0 saturated carbocycles. The third kappa shape index (κ3) is 2.87. The van der Waals surface area contributed by atoms with Crippen molar-refractivity contribution in [2.45, 2.75) is 32.2 Å². The van der Waals surface area contributed by atoms with Crippen LogP contribution in [-0.4, -0.2) is 24.1 Å². The lowest BCUT2D eigenvalue weighted by Crippen LogP contribution is -2.31. The number of aryl methyl sites for hydroxylation is 1. The summed E-state index contributed by atoms with van der Waals surface area (Å²) in [6, 6.07) is 11.0. The van der Waals surface area contributed by atoms with Crippen molar-refractivity contribution >= 4 is 16.7 Å². The summed E-state index contributed by atoms with van der Waals surface area (Å²) < 4.78 is 0. The number of benzene rings is 1. The molecule has 1 unspecified atom stereocenters. The second-order valence-electron chi connectivity index (χ2n) is 5.39. The number of aromatic nitrogens is 1. The topological polar surface area (TPSA) is 37.0 Å². The highest BCUT2D eigenvalue weighted by molar-refractivity contribution is 5.81. The molecule has 0 radical (unpaired) electrons. The van der Waals surface area contributed by atoms with Gasteiger partial charge in [-0.3, -0.25) is 0 Å². The molecule has 0 amide bonds. The number of hydrogen-bond donors (Lipinski definition) is 2. The Morgan fingerprint density at radius 1 is 1.26 bits per heavy atom. The minimum Gasteiger partial charge on any atom is -0.366 e. The standard InChI is InChI=1S/C16H21N3/c1-12-10-13-6-2-3-8-15(13)19-16(12)18-14-7-4-5-9-17-11-14/h2-3,6,8,10,14,17H,4-5,7,9,11H2,1H3,(H,18,19). The lowest BCUT2D eigenvalue weighted by atomic mass is 10.1. The number of para-hydroxylation sites is 1. The van der Waals surface area contributed by atoms with E-state index in [9.17, 15) is 0 Å². The second-order valence-corrected chi connectivity index (χ2v) is 5.39. The molecule has 1 aromatic carbocycles. The monoisotopic (exact) mass is 255 g/mol. The lowest BCUT2D eigenvalue weighted by molar-refractivity contribution is 0.633. The van der Waals surface area contributed by atoms with Gasteiger partial charge < -0.3 is 10.6 Å². The molecule has 1 fully saturated rings. The zero-order chi connectivity index (χ0) is 13.1. The summed E-state index contributed by atoms with van der Waals surface area (Å²) in [5, 5.41) is 8.30. The molecule has 2 N–H and O–H groups in total. The van der Waals surface area contributed by atoms with Crippen molar-refractivity contribution < 1.29 is 0 Å². The maximum Gasteiger partial charge on any atom is 0.129 e. The Balaban J connectivity index is 1.85. The summed E-state index contributed by atoms with van der Waals surface area (Å²) in [5.41, 5.74) is 2.29. The van der Waals surface area contributed by atoms with Gasteiger partial charge in [0.15, 0.2) is 0 Å². The Labute approximate surface area is 114 Å². The zero-order valence-corrected chi connectivity index (χ0v) is 11.4. The predicted molar refractivity (Wildman–Crippen MR) is 80.6 cm³/mol. The van der Waals surface area contributed by atoms with Gasteiger partial charge in [-0.2, -0.15) is 0 Å². The van der Waals surface area contributed by atoms with Crippen molar-refractivity contribution in [2.75, 3.05) is 18.4 Å². The fourth-order valence-corrected chi connectivity index (χ4v) is 2.70. The van der Waals surface area contributed by atoms with Crippen molar-refractivity contribution in [3.63, 3.8) is 0 Å². The van der Waals surface area contributed by atoms with Crippen molar-refractivity contribution in [2.24, 2.45) is 0 Å². The van der Waals surface area contributed by atoms with E-state index in [0.29, 0.717) is 6.04 Å². The highest BCUT2D eigenvalue weighted by Gasteiger charge is 2.13. The van der Waals surface area contributed by atoms with Crippen molar-refractivity contribution in [3.8, 4) is 0 Å². The molecule has 0 spiro atoms. The van der Waals surface area contributed by atoms with E-state index >= 15 is 0 Å². The van der Waals surface area contributed by atoms with Gasteiger partial charge in [0.05, 0.1) is 5.52 Å². The van der Waals surface area contributed by atoms with Crippen LogP contribution in [0.5, 0.6) is 0 Å². The van der Waals surface area contributed by atoms with Gasteiger partial charge in [0.2, 0.25) is 0 Å². The second kappa shape index (κ2) is 5.57. The normalized spacial score (nSPS) is 20.2. The van der Waals surface area contributed by atoms with Crippen LogP contribution in [0.1, 0.15) is 24.8 Å². The predicted octanol–water partition coefficient (Wildman–Crippen LogP) is 3.10. The van der Waals surface area contributed by atoms with Crippen LogP contribution >= 0.6 is 0 Å². The molecular formula is C16H21N3. The number of nitrogens with zero attached hydrogens (tertiary/aromatic N) is 1. The Morgan fingerprint density at radius 2 is 2.16 bits per heavy atom. The van der Waals surface area contributed by atoms with Gasteiger partial charge >= 0.3 is 0 Å². The zero-order valence-electron chi connectivity index (χ0n) is 11.4. The average molecular weight is 255 g/mol. The van der Waals surface area contributed by atoms with Crippen LogP contribution in [0.15, 0.2) is 30.3 Å². The molecule has 3 nitrogen and oxygen atoms in total. The smallest absolute Gasteiger partial charge is 0.129 e. The summed E-state index contributed by atoms with van der Waals surface area (Å²) in [6.07, 6.45) is 3.79. The molecule has 2 aromatic rings. The third-order valence-corrected chi connectivity index (χ3v) is 3.80. The molecule has 1 saturated heterocycles.